The van der Waals surface area contributed by atoms with E-state index in [1.807, 2.05) is 91.0 Å². The molecule has 3 rings (SSSR count). The van der Waals surface area contributed by atoms with Gasteiger partial charge in [-0.3, -0.25) is 9.59 Å². The van der Waals surface area contributed by atoms with Crippen molar-refractivity contribution in [1.29, 1.82) is 0 Å². The van der Waals surface area contributed by atoms with Gasteiger partial charge in [-0.05, 0) is 50.2 Å². The summed E-state index contributed by atoms with van der Waals surface area (Å²) < 4.78 is 5.21. The van der Waals surface area contributed by atoms with Crippen LogP contribution in [0.3, 0.4) is 0 Å². The SMILES string of the molecule is CCOC(=O)[C@@H](C(C)=O)C(=C(Cl)Cl)[P+](c1ccccc1)(c1ccccc1)c1ccccc1. The molecule has 0 amide bonds. The predicted molar refractivity (Wildman–Crippen MR) is 135 cm³/mol. The highest BCUT2D eigenvalue weighted by Crippen LogP contribution is 2.66. The number of rotatable bonds is 8. The molecular weight excluding hydrogens is 462 g/mol. The number of ether oxygens (including phenoxy) is 1. The number of hydrogen-bond donors (Lipinski definition) is 0. The van der Waals surface area contributed by atoms with Crippen molar-refractivity contribution in [2.75, 3.05) is 6.61 Å². The average molecular weight is 486 g/mol. The van der Waals surface area contributed by atoms with Gasteiger partial charge in [0.25, 0.3) is 0 Å². The Balaban J connectivity index is 2.51. The molecule has 0 spiro atoms. The van der Waals surface area contributed by atoms with Crippen molar-refractivity contribution in [1.82, 2.24) is 0 Å². The summed E-state index contributed by atoms with van der Waals surface area (Å²) in [7, 11) is -2.81. The summed E-state index contributed by atoms with van der Waals surface area (Å²) in [4.78, 5) is 26.0. The van der Waals surface area contributed by atoms with Crippen molar-refractivity contribution in [3.05, 3.63) is 101 Å². The van der Waals surface area contributed by atoms with Gasteiger partial charge in [0.1, 0.15) is 33.0 Å². The topological polar surface area (TPSA) is 43.4 Å². The lowest BCUT2D eigenvalue weighted by atomic mass is 10.1. The third kappa shape index (κ3) is 4.66. The van der Waals surface area contributed by atoms with Gasteiger partial charge in [0.2, 0.25) is 0 Å². The van der Waals surface area contributed by atoms with Gasteiger partial charge in [0.15, 0.2) is 11.7 Å². The molecule has 0 N–H and O–H groups in total. The molecule has 0 bridgehead atoms. The monoisotopic (exact) mass is 485 g/mol. The minimum absolute atomic E-state index is 0.0943. The number of hydrogen-bond acceptors (Lipinski definition) is 3. The van der Waals surface area contributed by atoms with Crippen molar-refractivity contribution >= 4 is 58.1 Å². The molecule has 3 aromatic rings. The average Bonchev–Trinajstić information content (AvgIpc) is 2.81. The van der Waals surface area contributed by atoms with Crippen LogP contribution in [0.15, 0.2) is 101 Å². The molecule has 0 radical (unpaired) electrons. The maximum absolute atomic E-state index is 13.1. The fraction of sp³-hybridized carbons (Fsp3) is 0.154. The van der Waals surface area contributed by atoms with E-state index in [2.05, 4.69) is 0 Å². The molecule has 164 valence electrons. The Morgan fingerprint density at radius 2 is 1.16 bits per heavy atom. The molecule has 0 aromatic heterocycles. The van der Waals surface area contributed by atoms with Gasteiger partial charge in [0.05, 0.1) is 6.61 Å². The Hall–Kier alpha value is -2.45. The summed E-state index contributed by atoms with van der Waals surface area (Å²) in [5.74, 6) is -2.25. The Morgan fingerprint density at radius 1 is 0.781 bits per heavy atom. The van der Waals surface area contributed by atoms with Crippen LogP contribution >= 0.6 is 30.5 Å². The molecule has 6 heteroatoms. The summed E-state index contributed by atoms with van der Waals surface area (Å²) in [5, 5.41) is 3.18. The van der Waals surface area contributed by atoms with Crippen molar-refractivity contribution in [3.63, 3.8) is 0 Å². The van der Waals surface area contributed by atoms with E-state index in [1.54, 1.807) is 6.92 Å². The lowest BCUT2D eigenvalue weighted by molar-refractivity contribution is -0.149. The van der Waals surface area contributed by atoms with Crippen molar-refractivity contribution in [2.45, 2.75) is 13.8 Å². The minimum atomic E-state index is -2.81. The van der Waals surface area contributed by atoms with Gasteiger partial charge >= 0.3 is 5.97 Å². The molecule has 0 heterocycles. The predicted octanol–water partition coefficient (Wildman–Crippen LogP) is 5.40. The van der Waals surface area contributed by atoms with Crippen LogP contribution in [-0.4, -0.2) is 18.4 Å². The molecule has 0 aliphatic heterocycles. The number of ketones is 1. The van der Waals surface area contributed by atoms with Gasteiger partial charge in [-0.1, -0.05) is 77.8 Å². The first kappa shape index (κ1) is 24.2. The second-order valence-electron chi connectivity index (χ2n) is 7.12. The zero-order valence-corrected chi connectivity index (χ0v) is 20.3. The highest BCUT2D eigenvalue weighted by Gasteiger charge is 2.56. The molecule has 0 saturated carbocycles. The van der Waals surface area contributed by atoms with Crippen molar-refractivity contribution in [3.8, 4) is 0 Å². The number of carbonyl (C=O) groups excluding carboxylic acids is 2. The van der Waals surface area contributed by atoms with E-state index in [0.717, 1.165) is 15.9 Å². The molecule has 0 aliphatic carbocycles. The molecule has 3 aromatic carbocycles. The van der Waals surface area contributed by atoms with Crippen molar-refractivity contribution in [2.24, 2.45) is 5.92 Å². The standard InChI is InChI=1S/C26H24Cl2O3P/c1-3-31-26(30)23(19(2)29)24(25(27)28)32(20-13-7-4-8-14-20,21-15-9-5-10-16-21)22-17-11-6-12-18-22/h4-18,23H,3H2,1-2H3/q+1/t23-/m0/s1. The van der Waals surface area contributed by atoms with Crippen molar-refractivity contribution < 1.29 is 14.3 Å². The smallest absolute Gasteiger partial charge is 0.324 e. The van der Waals surface area contributed by atoms with Crippen LogP contribution in [-0.2, 0) is 14.3 Å². The van der Waals surface area contributed by atoms with E-state index in [0.29, 0.717) is 5.31 Å². The summed E-state index contributed by atoms with van der Waals surface area (Å²) in [6.45, 7) is 3.21. The van der Waals surface area contributed by atoms with Gasteiger partial charge in [0, 0.05) is 0 Å². The normalized spacial score (nSPS) is 12.0. The zero-order valence-electron chi connectivity index (χ0n) is 17.9. The third-order valence-electron chi connectivity index (χ3n) is 5.19. The molecule has 0 saturated heterocycles. The van der Waals surface area contributed by atoms with E-state index in [-0.39, 0.29) is 16.9 Å². The fourth-order valence-corrected chi connectivity index (χ4v) is 9.44. The summed E-state index contributed by atoms with van der Waals surface area (Å²) in [6.07, 6.45) is 0. The second kappa shape index (κ2) is 10.9. The number of Topliss-reactive ketones (excluding diaryl/α,β-unsaturated/α-hetero) is 1. The first-order valence-electron chi connectivity index (χ1n) is 10.2. The molecular formula is C26H24Cl2O3P+. The Labute approximate surface area is 199 Å². The summed E-state index contributed by atoms with van der Waals surface area (Å²) in [6, 6.07) is 29.3. The number of benzene rings is 3. The quantitative estimate of drug-likeness (QED) is 0.244. The number of esters is 1. The summed E-state index contributed by atoms with van der Waals surface area (Å²) >= 11 is 13.1. The molecule has 0 aliphatic rings. The fourth-order valence-electron chi connectivity index (χ4n) is 3.94. The molecule has 1 atom stereocenters. The highest BCUT2D eigenvalue weighted by atomic mass is 35.5. The number of carbonyl (C=O) groups is 2. The second-order valence-corrected chi connectivity index (χ2v) is 11.4. The van der Waals surface area contributed by atoms with E-state index < -0.39 is 19.1 Å². The Morgan fingerprint density at radius 3 is 1.44 bits per heavy atom. The lowest BCUT2D eigenvalue weighted by Crippen LogP contribution is -2.38. The molecule has 32 heavy (non-hydrogen) atoms. The zero-order chi connectivity index (χ0) is 23.1. The van der Waals surface area contributed by atoms with Crippen LogP contribution in [0.1, 0.15) is 13.8 Å². The van der Waals surface area contributed by atoms with Crippen LogP contribution in [0.25, 0.3) is 0 Å². The van der Waals surface area contributed by atoms with E-state index in [4.69, 9.17) is 27.9 Å². The first-order valence-corrected chi connectivity index (χ1v) is 12.8. The van der Waals surface area contributed by atoms with Crippen LogP contribution in [0.2, 0.25) is 0 Å². The largest absolute Gasteiger partial charge is 0.465 e. The lowest BCUT2D eigenvalue weighted by Gasteiger charge is -2.32. The van der Waals surface area contributed by atoms with Crippen LogP contribution < -0.4 is 15.9 Å². The minimum Gasteiger partial charge on any atom is -0.465 e. The first-order chi connectivity index (χ1) is 15.4. The van der Waals surface area contributed by atoms with E-state index >= 15 is 0 Å². The number of halogens is 2. The molecule has 0 unspecified atom stereocenters. The molecule has 0 fully saturated rings. The van der Waals surface area contributed by atoms with Crippen LogP contribution in [0.4, 0.5) is 0 Å². The van der Waals surface area contributed by atoms with Gasteiger partial charge in [-0.2, -0.15) is 0 Å². The van der Waals surface area contributed by atoms with Gasteiger partial charge in [-0.15, -0.1) is 0 Å². The van der Waals surface area contributed by atoms with Gasteiger partial charge in [-0.25, -0.2) is 0 Å². The Bertz CT molecular complexity index is 999. The Kier molecular flexibility index (Phi) is 8.26. The van der Waals surface area contributed by atoms with Crippen LogP contribution in [0, 0.1) is 5.92 Å². The van der Waals surface area contributed by atoms with E-state index in [1.165, 1.54) is 6.92 Å². The maximum atomic E-state index is 13.1. The highest BCUT2D eigenvalue weighted by molar-refractivity contribution is 7.99. The summed E-state index contributed by atoms with van der Waals surface area (Å²) in [5.41, 5.74) is 0. The van der Waals surface area contributed by atoms with Gasteiger partial charge < -0.3 is 4.74 Å². The maximum Gasteiger partial charge on any atom is 0.324 e. The molecule has 3 nitrogen and oxygen atoms in total. The van der Waals surface area contributed by atoms with E-state index in [9.17, 15) is 9.59 Å². The van der Waals surface area contributed by atoms with Crippen LogP contribution in [0.5, 0.6) is 0 Å². The third-order valence-corrected chi connectivity index (χ3v) is 10.3.